The summed E-state index contributed by atoms with van der Waals surface area (Å²) in [6.07, 6.45) is 7.36. The van der Waals surface area contributed by atoms with Crippen LogP contribution in [0.3, 0.4) is 0 Å². The average molecular weight is 243 g/mol. The lowest BCUT2D eigenvalue weighted by Crippen LogP contribution is -2.15. The third-order valence-corrected chi connectivity index (χ3v) is 3.48. The zero-order chi connectivity index (χ0) is 11.6. The van der Waals surface area contributed by atoms with Crippen LogP contribution in [0.4, 0.5) is 0 Å². The van der Waals surface area contributed by atoms with Crippen molar-refractivity contribution in [3.05, 3.63) is 18.2 Å². The van der Waals surface area contributed by atoms with Crippen LogP contribution in [0.15, 0.2) is 12.5 Å². The van der Waals surface area contributed by atoms with Crippen LogP contribution in [-0.2, 0) is 22.9 Å². The van der Waals surface area contributed by atoms with Gasteiger partial charge in [-0.15, -0.1) is 0 Å². The molecule has 1 aliphatic rings. The van der Waals surface area contributed by atoms with Crippen LogP contribution in [0.25, 0.3) is 0 Å². The minimum absolute atomic E-state index is 0.166. The molecule has 0 atom stereocenters. The molecule has 0 radical (unpaired) electrons. The second kappa shape index (κ2) is 4.55. The molecule has 1 fully saturated rings. The van der Waals surface area contributed by atoms with Gasteiger partial charge in [-0.05, 0) is 12.8 Å². The Labute approximate surface area is 95.8 Å². The van der Waals surface area contributed by atoms with Crippen LogP contribution >= 0.6 is 0 Å². The molecule has 1 aromatic rings. The Hall–Kier alpha value is -0.880. The summed E-state index contributed by atoms with van der Waals surface area (Å²) < 4.78 is 23.8. The second-order valence-corrected chi connectivity index (χ2v) is 6.65. The fourth-order valence-corrected chi connectivity index (χ4v) is 1.97. The van der Waals surface area contributed by atoms with Crippen LogP contribution < -0.4 is 5.32 Å². The molecule has 16 heavy (non-hydrogen) atoms. The molecule has 1 aromatic heterocycles. The number of aromatic nitrogens is 2. The molecule has 5 nitrogen and oxygen atoms in total. The molecule has 1 saturated carbocycles. The van der Waals surface area contributed by atoms with Crippen LogP contribution in [-0.4, -0.2) is 36.0 Å². The molecule has 0 spiro atoms. The Kier molecular flexibility index (Phi) is 3.30. The lowest BCUT2D eigenvalue weighted by molar-refractivity contribution is 0.594. The lowest BCUT2D eigenvalue weighted by Gasteiger charge is -2.00. The van der Waals surface area contributed by atoms with E-state index in [0.717, 1.165) is 12.2 Å². The second-order valence-electron chi connectivity index (χ2n) is 4.39. The molecule has 1 aliphatic carbocycles. The molecule has 0 bridgehead atoms. The number of sulfone groups is 1. The van der Waals surface area contributed by atoms with Gasteiger partial charge in [0.1, 0.15) is 9.84 Å². The standard InChI is InChI=1S/C10H17N3O2S/c1-16(14,15)5-4-13-7-10(12-8-13)6-11-9-2-3-9/h7-9,11H,2-6H2,1H3. The average Bonchev–Trinajstić information content (AvgIpc) is 2.91. The lowest BCUT2D eigenvalue weighted by atomic mass is 10.4. The molecule has 0 aliphatic heterocycles. The van der Waals surface area contributed by atoms with Crippen molar-refractivity contribution in [2.24, 2.45) is 0 Å². The monoisotopic (exact) mass is 243 g/mol. The highest BCUT2D eigenvalue weighted by molar-refractivity contribution is 7.90. The first kappa shape index (κ1) is 11.6. The van der Waals surface area contributed by atoms with E-state index in [-0.39, 0.29) is 5.75 Å². The number of hydrogen-bond donors (Lipinski definition) is 1. The van der Waals surface area contributed by atoms with Gasteiger partial charge in [0.25, 0.3) is 0 Å². The van der Waals surface area contributed by atoms with E-state index in [4.69, 9.17) is 0 Å². The van der Waals surface area contributed by atoms with Crippen molar-refractivity contribution in [2.75, 3.05) is 12.0 Å². The van der Waals surface area contributed by atoms with Crippen LogP contribution in [0.1, 0.15) is 18.5 Å². The minimum atomic E-state index is -2.89. The summed E-state index contributed by atoms with van der Waals surface area (Å²) in [7, 11) is -2.89. The van der Waals surface area contributed by atoms with Gasteiger partial charge in [-0.1, -0.05) is 0 Å². The van der Waals surface area contributed by atoms with Gasteiger partial charge in [-0.3, -0.25) is 0 Å². The number of hydrogen-bond acceptors (Lipinski definition) is 4. The van der Waals surface area contributed by atoms with E-state index in [1.54, 1.807) is 6.33 Å². The van der Waals surface area contributed by atoms with E-state index in [9.17, 15) is 8.42 Å². The first-order valence-corrected chi connectivity index (χ1v) is 7.51. The van der Waals surface area contributed by atoms with E-state index in [1.807, 2.05) is 10.8 Å². The normalized spacial score (nSPS) is 16.6. The van der Waals surface area contributed by atoms with Crippen molar-refractivity contribution in [3.8, 4) is 0 Å². The summed E-state index contributed by atoms with van der Waals surface area (Å²) in [6.45, 7) is 1.26. The molecule has 90 valence electrons. The van der Waals surface area contributed by atoms with Gasteiger partial charge in [0.05, 0.1) is 17.8 Å². The SMILES string of the molecule is CS(=O)(=O)CCn1cnc(CNC2CC2)c1. The molecule has 2 rings (SSSR count). The first-order chi connectivity index (χ1) is 7.53. The largest absolute Gasteiger partial charge is 0.336 e. The summed E-state index contributed by atoms with van der Waals surface area (Å²) in [5.74, 6) is 0.166. The fourth-order valence-electron chi connectivity index (χ4n) is 1.43. The van der Waals surface area contributed by atoms with E-state index < -0.39 is 9.84 Å². The predicted octanol–water partition coefficient (Wildman–Crippen LogP) is 0.180. The molecule has 1 N–H and O–H groups in total. The highest BCUT2D eigenvalue weighted by Crippen LogP contribution is 2.18. The van der Waals surface area contributed by atoms with Gasteiger partial charge < -0.3 is 9.88 Å². The summed E-state index contributed by atoms with van der Waals surface area (Å²) in [6, 6.07) is 0.668. The van der Waals surface area contributed by atoms with Crippen LogP contribution in [0.5, 0.6) is 0 Å². The number of nitrogens with one attached hydrogen (secondary N) is 1. The topological polar surface area (TPSA) is 64.0 Å². The summed E-state index contributed by atoms with van der Waals surface area (Å²) in [5.41, 5.74) is 0.973. The van der Waals surface area contributed by atoms with Crippen molar-refractivity contribution in [1.82, 2.24) is 14.9 Å². The molecule has 0 saturated heterocycles. The highest BCUT2D eigenvalue weighted by atomic mass is 32.2. The van der Waals surface area contributed by atoms with Gasteiger partial charge in [0.2, 0.25) is 0 Å². The number of imidazole rings is 1. The van der Waals surface area contributed by atoms with Crippen molar-refractivity contribution >= 4 is 9.84 Å². The maximum absolute atomic E-state index is 11.0. The van der Waals surface area contributed by atoms with Gasteiger partial charge in [-0.25, -0.2) is 13.4 Å². The Morgan fingerprint density at radius 2 is 2.31 bits per heavy atom. The quantitative estimate of drug-likeness (QED) is 0.774. The van der Waals surface area contributed by atoms with Gasteiger partial charge in [-0.2, -0.15) is 0 Å². The molecule has 6 heteroatoms. The maximum atomic E-state index is 11.0. The molecule has 0 aromatic carbocycles. The van der Waals surface area contributed by atoms with E-state index in [1.165, 1.54) is 19.1 Å². The third kappa shape index (κ3) is 3.94. The van der Waals surface area contributed by atoms with Crippen molar-refractivity contribution < 1.29 is 8.42 Å². The number of aryl methyl sites for hydroxylation is 1. The molecule has 1 heterocycles. The van der Waals surface area contributed by atoms with E-state index in [0.29, 0.717) is 12.6 Å². The minimum Gasteiger partial charge on any atom is -0.336 e. The van der Waals surface area contributed by atoms with Crippen molar-refractivity contribution in [2.45, 2.75) is 32.0 Å². The Bertz CT molecular complexity index is 448. The summed E-state index contributed by atoms with van der Waals surface area (Å²) in [4.78, 5) is 4.22. The van der Waals surface area contributed by atoms with Gasteiger partial charge in [0.15, 0.2) is 0 Å². The third-order valence-electron chi connectivity index (χ3n) is 2.56. The summed E-state index contributed by atoms with van der Waals surface area (Å²) in [5, 5.41) is 3.36. The van der Waals surface area contributed by atoms with Crippen molar-refractivity contribution in [1.29, 1.82) is 0 Å². The van der Waals surface area contributed by atoms with E-state index in [2.05, 4.69) is 10.3 Å². The summed E-state index contributed by atoms with van der Waals surface area (Å²) >= 11 is 0. The molecule has 0 amide bonds. The highest BCUT2D eigenvalue weighted by Gasteiger charge is 2.20. The van der Waals surface area contributed by atoms with Gasteiger partial charge >= 0.3 is 0 Å². The first-order valence-electron chi connectivity index (χ1n) is 5.45. The predicted molar refractivity (Wildman–Crippen MR) is 61.8 cm³/mol. The number of nitrogens with zero attached hydrogens (tertiary/aromatic N) is 2. The van der Waals surface area contributed by atoms with E-state index >= 15 is 0 Å². The Morgan fingerprint density at radius 3 is 2.94 bits per heavy atom. The Morgan fingerprint density at radius 1 is 1.56 bits per heavy atom. The van der Waals surface area contributed by atoms with Crippen LogP contribution in [0, 0.1) is 0 Å². The zero-order valence-electron chi connectivity index (χ0n) is 9.39. The molecular formula is C10H17N3O2S. The zero-order valence-corrected chi connectivity index (χ0v) is 10.2. The molecule has 0 unspecified atom stereocenters. The maximum Gasteiger partial charge on any atom is 0.149 e. The van der Waals surface area contributed by atoms with Crippen LogP contribution in [0.2, 0.25) is 0 Å². The number of rotatable bonds is 6. The van der Waals surface area contributed by atoms with Crippen molar-refractivity contribution in [3.63, 3.8) is 0 Å². The Balaban J connectivity index is 1.81. The molecular weight excluding hydrogens is 226 g/mol. The fraction of sp³-hybridized carbons (Fsp3) is 0.700. The smallest absolute Gasteiger partial charge is 0.149 e. The van der Waals surface area contributed by atoms with Gasteiger partial charge in [0, 0.05) is 31.6 Å².